The number of methoxy groups -OCH3 is 4. The van der Waals surface area contributed by atoms with E-state index in [4.69, 9.17) is 18.9 Å². The van der Waals surface area contributed by atoms with E-state index in [0.29, 0.717) is 0 Å². The predicted octanol–water partition coefficient (Wildman–Crippen LogP) is 4.84. The number of rotatable bonds is 12. The third-order valence-corrected chi connectivity index (χ3v) is 10.9. The molecule has 0 N–H and O–H groups in total. The fourth-order valence-corrected chi connectivity index (χ4v) is 9.42. The van der Waals surface area contributed by atoms with Crippen LogP contribution in [0.15, 0.2) is 97.1 Å². The Kier molecular flexibility index (Phi) is 11.1. The first-order valence-electron chi connectivity index (χ1n) is 12.4. The molecule has 38 heavy (non-hydrogen) atoms. The second-order valence-electron chi connectivity index (χ2n) is 9.37. The zero-order chi connectivity index (χ0) is 26.1. The van der Waals surface area contributed by atoms with Crippen LogP contribution in [0.3, 0.4) is 0 Å². The highest BCUT2D eigenvalue weighted by molar-refractivity contribution is 7.72. The summed E-state index contributed by atoms with van der Waals surface area (Å²) in [5.41, 5.74) is 5.35. The molecule has 0 atom stereocenters. The topological polar surface area (TPSA) is 36.9 Å². The zero-order valence-electron chi connectivity index (χ0n) is 22.5. The van der Waals surface area contributed by atoms with Gasteiger partial charge in [-0.2, -0.15) is 0 Å². The third-order valence-electron chi connectivity index (χ3n) is 6.71. The molecule has 0 fully saturated rings. The Bertz CT molecular complexity index is 1040. The van der Waals surface area contributed by atoms with E-state index in [9.17, 15) is 0 Å². The summed E-state index contributed by atoms with van der Waals surface area (Å²) < 4.78 is 21.7. The molecule has 0 unspecified atom stereocenters. The molecule has 0 heterocycles. The normalized spacial score (nSPS) is 10.8. The maximum Gasteiger partial charge on any atom is 0.118 e. The lowest BCUT2D eigenvalue weighted by Crippen LogP contribution is -3.00. The Morgan fingerprint density at radius 3 is 0.711 bits per heavy atom. The van der Waals surface area contributed by atoms with Gasteiger partial charge >= 0.3 is 0 Å². The zero-order valence-corrected chi connectivity index (χ0v) is 25.0. The van der Waals surface area contributed by atoms with Gasteiger partial charge in [-0.3, -0.25) is 0 Å². The van der Waals surface area contributed by atoms with Crippen LogP contribution in [-0.4, -0.2) is 28.4 Å². The van der Waals surface area contributed by atoms with Crippen LogP contribution in [0.5, 0.6) is 23.0 Å². The lowest BCUT2D eigenvalue weighted by molar-refractivity contribution is -0.00000897. The molecule has 4 nitrogen and oxygen atoms in total. The second kappa shape index (κ2) is 14.2. The summed E-state index contributed by atoms with van der Waals surface area (Å²) in [6.07, 6.45) is 4.12. The number of ether oxygens (including phenoxy) is 4. The lowest BCUT2D eigenvalue weighted by atomic mass is 10.2. The summed E-state index contributed by atoms with van der Waals surface area (Å²) in [7, 11) is 5.21. The van der Waals surface area contributed by atoms with Gasteiger partial charge in [-0.25, -0.2) is 0 Å². The molecule has 0 aromatic heterocycles. The van der Waals surface area contributed by atoms with E-state index in [2.05, 4.69) is 97.1 Å². The summed E-state index contributed by atoms with van der Waals surface area (Å²) in [5, 5.41) is 0. The van der Waals surface area contributed by atoms with Crippen LogP contribution in [0.1, 0.15) is 22.3 Å². The summed E-state index contributed by atoms with van der Waals surface area (Å²) in [5.74, 6) is 3.53. The molecule has 0 saturated heterocycles. The largest absolute Gasteiger partial charge is 1.00 e. The molecule has 4 aromatic carbocycles. The summed E-state index contributed by atoms with van der Waals surface area (Å²) in [4.78, 5) is 0. The highest BCUT2D eigenvalue weighted by Crippen LogP contribution is 2.68. The van der Waals surface area contributed by atoms with E-state index < -0.39 is 7.26 Å². The van der Waals surface area contributed by atoms with Gasteiger partial charge in [0.2, 0.25) is 0 Å². The van der Waals surface area contributed by atoms with Crippen LogP contribution in [0, 0.1) is 0 Å². The Morgan fingerprint density at radius 1 is 0.368 bits per heavy atom. The minimum Gasteiger partial charge on any atom is -1.00 e. The molecule has 0 radical (unpaired) electrons. The Morgan fingerprint density at radius 2 is 0.553 bits per heavy atom. The molecule has 4 rings (SSSR count). The molecule has 4 aromatic rings. The molecule has 0 bridgehead atoms. The average molecular weight is 596 g/mol. The van der Waals surface area contributed by atoms with Crippen LogP contribution in [0.25, 0.3) is 0 Å². The quantitative estimate of drug-likeness (QED) is 0.220. The predicted molar refractivity (Wildman–Crippen MR) is 154 cm³/mol. The maximum absolute atomic E-state index is 5.43. The Balaban J connectivity index is 0.00000400. The third kappa shape index (κ3) is 7.99. The van der Waals surface area contributed by atoms with Gasteiger partial charge in [0.05, 0.1) is 53.1 Å². The van der Waals surface area contributed by atoms with Crippen LogP contribution < -0.4 is 35.9 Å². The van der Waals surface area contributed by atoms with Gasteiger partial charge < -0.3 is 35.9 Å². The van der Waals surface area contributed by atoms with Gasteiger partial charge in [0.15, 0.2) is 0 Å². The molecule has 200 valence electrons. The monoisotopic (exact) mass is 594 g/mol. The van der Waals surface area contributed by atoms with Gasteiger partial charge in [-0.05, 0) is 70.8 Å². The van der Waals surface area contributed by atoms with Crippen LogP contribution >= 0.6 is 7.26 Å². The van der Waals surface area contributed by atoms with Crippen LogP contribution in [0.2, 0.25) is 0 Å². The van der Waals surface area contributed by atoms with E-state index in [1.54, 1.807) is 28.4 Å². The van der Waals surface area contributed by atoms with Crippen molar-refractivity contribution in [1.29, 1.82) is 0 Å². The molecule has 0 saturated carbocycles. The van der Waals surface area contributed by atoms with Crippen molar-refractivity contribution < 1.29 is 35.9 Å². The Labute approximate surface area is 238 Å². The number of hydrogen-bond donors (Lipinski definition) is 0. The van der Waals surface area contributed by atoms with E-state index in [-0.39, 0.29) is 17.0 Å². The molecule has 6 heteroatoms. The van der Waals surface area contributed by atoms with E-state index in [1.807, 2.05) is 0 Å². The maximum atomic E-state index is 5.43. The molecular weight excluding hydrogens is 559 g/mol. The van der Waals surface area contributed by atoms with Gasteiger partial charge in [-0.1, -0.05) is 48.5 Å². The van der Waals surface area contributed by atoms with Crippen molar-refractivity contribution in [1.82, 2.24) is 0 Å². The van der Waals surface area contributed by atoms with Crippen molar-refractivity contribution in [2.24, 2.45) is 0 Å². The van der Waals surface area contributed by atoms with E-state index in [0.717, 1.165) is 47.6 Å². The van der Waals surface area contributed by atoms with Crippen molar-refractivity contribution in [3.8, 4) is 23.0 Å². The minimum absolute atomic E-state index is 0. The van der Waals surface area contributed by atoms with Crippen molar-refractivity contribution in [2.75, 3.05) is 28.4 Å². The van der Waals surface area contributed by atoms with Gasteiger partial charge in [0, 0.05) is 7.26 Å². The number of hydrogen-bond acceptors (Lipinski definition) is 4. The van der Waals surface area contributed by atoms with Crippen molar-refractivity contribution in [3.05, 3.63) is 119 Å². The highest BCUT2D eigenvalue weighted by Gasteiger charge is 2.39. The lowest BCUT2D eigenvalue weighted by Gasteiger charge is -2.29. The smallest absolute Gasteiger partial charge is 0.118 e. The van der Waals surface area contributed by atoms with Crippen molar-refractivity contribution in [3.63, 3.8) is 0 Å². The summed E-state index contributed by atoms with van der Waals surface area (Å²) in [6, 6.07) is 34.2. The second-order valence-corrected chi connectivity index (χ2v) is 13.3. The standard InChI is InChI=1S/C32H36O4P.BrH/c1-33-29-13-5-25(6-14-29)21-37(22-26-7-15-30(34-2)16-8-26,23-27-9-17-31(35-3)18-10-27)24-28-11-19-32(36-4)20-12-28;/h5-20H,21-24H2,1-4H3;1H/q+1;/p-1. The fraction of sp³-hybridized carbons (Fsp3) is 0.250. The van der Waals surface area contributed by atoms with Crippen molar-refractivity contribution in [2.45, 2.75) is 24.6 Å². The summed E-state index contributed by atoms with van der Waals surface area (Å²) >= 11 is 0. The summed E-state index contributed by atoms with van der Waals surface area (Å²) in [6.45, 7) is 0. The first-order chi connectivity index (χ1) is 18.0. The number of halogens is 1. The molecule has 0 amide bonds. The SMILES string of the molecule is COc1ccc(C[P+](Cc2ccc(OC)cc2)(Cc2ccc(OC)cc2)Cc2ccc(OC)cc2)cc1.[Br-]. The van der Waals surface area contributed by atoms with E-state index in [1.165, 1.54) is 22.3 Å². The first-order valence-corrected chi connectivity index (χ1v) is 14.9. The molecule has 0 aliphatic carbocycles. The van der Waals surface area contributed by atoms with Crippen molar-refractivity contribution >= 4 is 7.26 Å². The fourth-order valence-electron chi connectivity index (χ4n) is 4.81. The molecule has 0 spiro atoms. The first kappa shape index (κ1) is 29.5. The van der Waals surface area contributed by atoms with Crippen LogP contribution in [-0.2, 0) is 24.6 Å². The van der Waals surface area contributed by atoms with Crippen LogP contribution in [0.4, 0.5) is 0 Å². The average Bonchev–Trinajstić information content (AvgIpc) is 2.94. The van der Waals surface area contributed by atoms with Gasteiger partial charge in [0.25, 0.3) is 0 Å². The highest BCUT2D eigenvalue weighted by atomic mass is 79.9. The molecule has 0 aliphatic rings. The molecular formula is C32H36BrO4P. The Hall–Kier alpha value is -3.01. The molecule has 0 aliphatic heterocycles. The van der Waals surface area contributed by atoms with Gasteiger partial charge in [0.1, 0.15) is 23.0 Å². The van der Waals surface area contributed by atoms with Gasteiger partial charge in [-0.15, -0.1) is 0 Å². The minimum atomic E-state index is -1.64. The number of benzene rings is 4. The van der Waals surface area contributed by atoms with E-state index >= 15 is 0 Å².